The Hall–Kier alpha value is -0.370. The van der Waals surface area contributed by atoms with Gasteiger partial charge in [-0.05, 0) is 18.2 Å². The van der Waals surface area contributed by atoms with E-state index in [4.69, 9.17) is 5.73 Å². The molecule has 0 aliphatic carbocycles. The van der Waals surface area contributed by atoms with Crippen molar-refractivity contribution in [3.8, 4) is 0 Å². The molecule has 0 aliphatic heterocycles. The smallest absolute Gasteiger partial charge is 0.0654 e. The molecule has 0 unspecified atom stereocenters. The van der Waals surface area contributed by atoms with Gasteiger partial charge >= 0.3 is 0 Å². The third-order valence-corrected chi connectivity index (χ3v) is 2.04. The zero-order chi connectivity index (χ0) is 10.7. The number of rotatable bonds is 4. The molecule has 0 radical (unpaired) electrons. The Kier molecular flexibility index (Phi) is 13.5. The number of thioether (sulfide) groups is 1. The molecule has 2 heteroatoms. The first-order chi connectivity index (χ1) is 6.08. The zero-order valence-corrected chi connectivity index (χ0v) is 10.2. The lowest BCUT2D eigenvalue weighted by Gasteiger charge is -1.95. The molecule has 0 aromatic carbocycles. The van der Waals surface area contributed by atoms with Crippen molar-refractivity contribution in [3.05, 3.63) is 23.1 Å². The number of hydrogen-bond acceptors (Lipinski definition) is 2. The number of allylic oxidation sites excluding steroid dienone is 1. The van der Waals surface area contributed by atoms with Crippen LogP contribution in [-0.4, -0.2) is 0 Å². The van der Waals surface area contributed by atoms with Crippen molar-refractivity contribution in [2.24, 2.45) is 11.7 Å². The molecule has 2 N–H and O–H groups in total. The minimum Gasteiger partial charge on any atom is -0.394 e. The van der Waals surface area contributed by atoms with Crippen LogP contribution in [0.2, 0.25) is 0 Å². The molecular weight excluding hydrogens is 178 g/mol. The summed E-state index contributed by atoms with van der Waals surface area (Å²) in [6.45, 7) is 12.1. The molecule has 1 nitrogen and oxygen atoms in total. The van der Waals surface area contributed by atoms with Gasteiger partial charge in [0.2, 0.25) is 0 Å². The Morgan fingerprint density at radius 2 is 2.08 bits per heavy atom. The second-order valence-corrected chi connectivity index (χ2v) is 4.20. The fourth-order valence-corrected chi connectivity index (χ4v) is 1.07. The van der Waals surface area contributed by atoms with E-state index in [0.29, 0.717) is 0 Å². The van der Waals surface area contributed by atoms with Gasteiger partial charge in [-0.15, -0.1) is 0 Å². The molecule has 0 rings (SSSR count). The van der Waals surface area contributed by atoms with Crippen LogP contribution in [0.25, 0.3) is 0 Å². The molecule has 0 atom stereocenters. The fourth-order valence-electron chi connectivity index (χ4n) is 0.742. The zero-order valence-electron chi connectivity index (χ0n) is 9.34. The minimum absolute atomic E-state index is 0.801. The van der Waals surface area contributed by atoms with Crippen molar-refractivity contribution in [2.45, 2.75) is 40.5 Å². The molecule has 0 fully saturated rings. The van der Waals surface area contributed by atoms with E-state index in [1.165, 1.54) is 24.6 Å². The summed E-state index contributed by atoms with van der Waals surface area (Å²) in [6, 6.07) is 0. The summed E-state index contributed by atoms with van der Waals surface area (Å²) < 4.78 is 0. The predicted molar refractivity (Wildman–Crippen MR) is 65.5 cm³/mol. The second kappa shape index (κ2) is 11.6. The molecule has 0 heterocycles. The molecule has 0 saturated carbocycles. The van der Waals surface area contributed by atoms with Crippen LogP contribution >= 0.6 is 11.8 Å². The quantitative estimate of drug-likeness (QED) is 0.740. The van der Waals surface area contributed by atoms with E-state index in [1.807, 2.05) is 13.0 Å². The SMILES string of the molecule is C=CS/C(N)=C\C.CCCC(C)C. The van der Waals surface area contributed by atoms with Crippen molar-refractivity contribution >= 4 is 11.8 Å². The van der Waals surface area contributed by atoms with E-state index in [-0.39, 0.29) is 0 Å². The molecular formula is C11H23NS. The summed E-state index contributed by atoms with van der Waals surface area (Å²) in [7, 11) is 0. The van der Waals surface area contributed by atoms with Gasteiger partial charge in [0.15, 0.2) is 0 Å². The van der Waals surface area contributed by atoms with E-state index < -0.39 is 0 Å². The fraction of sp³-hybridized carbons (Fsp3) is 0.636. The van der Waals surface area contributed by atoms with Crippen molar-refractivity contribution < 1.29 is 0 Å². The Bertz CT molecular complexity index is 139. The molecule has 13 heavy (non-hydrogen) atoms. The lowest BCUT2D eigenvalue weighted by atomic mass is 10.1. The summed E-state index contributed by atoms with van der Waals surface area (Å²) in [4.78, 5) is 0. The van der Waals surface area contributed by atoms with Gasteiger partial charge in [-0.25, -0.2) is 0 Å². The van der Waals surface area contributed by atoms with Gasteiger partial charge in [0.05, 0.1) is 5.03 Å². The number of nitrogens with two attached hydrogens (primary N) is 1. The predicted octanol–water partition coefficient (Wildman–Crippen LogP) is 4.13. The first-order valence-corrected chi connectivity index (χ1v) is 5.65. The highest BCUT2D eigenvalue weighted by atomic mass is 32.2. The molecule has 78 valence electrons. The first kappa shape index (κ1) is 15.1. The average Bonchev–Trinajstić information content (AvgIpc) is 2.05. The monoisotopic (exact) mass is 201 g/mol. The standard InChI is InChI=1S/C6H14.C5H9NS/c1-4-5-6(2)3;1-3-5(6)7-4-2/h6H,4-5H2,1-3H3;3-4H,2,6H2,1H3/b;5-3-. The van der Waals surface area contributed by atoms with Crippen LogP contribution in [0, 0.1) is 5.92 Å². The third-order valence-electron chi connectivity index (χ3n) is 1.37. The van der Waals surface area contributed by atoms with Crippen LogP contribution < -0.4 is 5.73 Å². The Morgan fingerprint density at radius 3 is 2.15 bits per heavy atom. The summed E-state index contributed by atoms with van der Waals surface area (Å²) >= 11 is 1.43. The largest absolute Gasteiger partial charge is 0.394 e. The maximum absolute atomic E-state index is 5.34. The van der Waals surface area contributed by atoms with Crippen LogP contribution in [0.5, 0.6) is 0 Å². The van der Waals surface area contributed by atoms with Crippen molar-refractivity contribution in [1.29, 1.82) is 0 Å². The summed E-state index contributed by atoms with van der Waals surface area (Å²) in [5.41, 5.74) is 5.34. The van der Waals surface area contributed by atoms with E-state index >= 15 is 0 Å². The van der Waals surface area contributed by atoms with Gasteiger partial charge in [-0.2, -0.15) is 0 Å². The van der Waals surface area contributed by atoms with Crippen molar-refractivity contribution in [1.82, 2.24) is 0 Å². The lowest BCUT2D eigenvalue weighted by molar-refractivity contribution is 0.576. The Balaban J connectivity index is 0. The minimum atomic E-state index is 0.801. The second-order valence-electron chi connectivity index (χ2n) is 3.16. The molecule has 0 aliphatic rings. The normalized spacial score (nSPS) is 10.7. The van der Waals surface area contributed by atoms with E-state index in [2.05, 4.69) is 27.4 Å². The van der Waals surface area contributed by atoms with Crippen LogP contribution in [0.4, 0.5) is 0 Å². The van der Waals surface area contributed by atoms with Crippen LogP contribution in [0.15, 0.2) is 23.1 Å². The third kappa shape index (κ3) is 18.5. The maximum atomic E-state index is 5.34. The van der Waals surface area contributed by atoms with Gasteiger partial charge in [0, 0.05) is 0 Å². The van der Waals surface area contributed by atoms with E-state index in [0.717, 1.165) is 10.9 Å². The molecule has 0 amide bonds. The molecule has 0 spiro atoms. The molecule has 0 aromatic rings. The van der Waals surface area contributed by atoms with Crippen molar-refractivity contribution in [2.75, 3.05) is 0 Å². The van der Waals surface area contributed by atoms with Gasteiger partial charge in [-0.3, -0.25) is 0 Å². The number of hydrogen-bond donors (Lipinski definition) is 1. The van der Waals surface area contributed by atoms with Gasteiger partial charge in [0.1, 0.15) is 0 Å². The molecule has 0 bridgehead atoms. The Morgan fingerprint density at radius 1 is 1.54 bits per heavy atom. The lowest BCUT2D eigenvalue weighted by Crippen LogP contribution is -1.87. The van der Waals surface area contributed by atoms with Crippen LogP contribution in [-0.2, 0) is 0 Å². The first-order valence-electron chi connectivity index (χ1n) is 4.77. The van der Waals surface area contributed by atoms with Crippen LogP contribution in [0.3, 0.4) is 0 Å². The van der Waals surface area contributed by atoms with E-state index in [1.54, 1.807) is 5.41 Å². The highest BCUT2D eigenvalue weighted by Gasteiger charge is 1.85. The topological polar surface area (TPSA) is 26.0 Å². The van der Waals surface area contributed by atoms with Gasteiger partial charge in [-0.1, -0.05) is 58.0 Å². The average molecular weight is 201 g/mol. The highest BCUT2D eigenvalue weighted by Crippen LogP contribution is 2.07. The summed E-state index contributed by atoms with van der Waals surface area (Å²) in [5, 5.41) is 2.50. The molecule has 0 saturated heterocycles. The van der Waals surface area contributed by atoms with Crippen LogP contribution in [0.1, 0.15) is 40.5 Å². The highest BCUT2D eigenvalue weighted by molar-refractivity contribution is 8.05. The van der Waals surface area contributed by atoms with Gasteiger partial charge < -0.3 is 5.73 Å². The maximum Gasteiger partial charge on any atom is 0.0654 e. The Labute approximate surface area is 87.5 Å². The van der Waals surface area contributed by atoms with E-state index in [9.17, 15) is 0 Å². The molecule has 0 aromatic heterocycles. The summed E-state index contributed by atoms with van der Waals surface area (Å²) in [5.74, 6) is 0.898. The summed E-state index contributed by atoms with van der Waals surface area (Å²) in [6.07, 6.45) is 4.55. The van der Waals surface area contributed by atoms with Gasteiger partial charge in [0.25, 0.3) is 0 Å². The van der Waals surface area contributed by atoms with Crippen molar-refractivity contribution in [3.63, 3.8) is 0 Å².